The highest BCUT2D eigenvalue weighted by Gasteiger charge is 2.31. The summed E-state index contributed by atoms with van der Waals surface area (Å²) in [4.78, 5) is 29.4. The molecule has 1 aliphatic heterocycles. The van der Waals surface area contributed by atoms with Crippen LogP contribution >= 0.6 is 11.6 Å². The van der Waals surface area contributed by atoms with Gasteiger partial charge in [-0.1, -0.05) is 43.5 Å². The van der Waals surface area contributed by atoms with Gasteiger partial charge in [0.15, 0.2) is 0 Å². The molecular formula is C21H23ClN4O4S. The summed E-state index contributed by atoms with van der Waals surface area (Å²) in [5.41, 5.74) is 0.987. The van der Waals surface area contributed by atoms with E-state index in [0.29, 0.717) is 22.7 Å². The van der Waals surface area contributed by atoms with Crippen molar-refractivity contribution in [3.05, 3.63) is 59.1 Å². The molecule has 3 rings (SSSR count). The van der Waals surface area contributed by atoms with E-state index in [1.54, 1.807) is 42.5 Å². The van der Waals surface area contributed by atoms with E-state index in [4.69, 9.17) is 11.6 Å². The number of carbonyl (C=O) groups is 2. The average Bonchev–Trinajstić information content (AvgIpc) is 3.01. The monoisotopic (exact) mass is 462 g/mol. The highest BCUT2D eigenvalue weighted by Crippen LogP contribution is 2.23. The highest BCUT2D eigenvalue weighted by atomic mass is 35.5. The lowest BCUT2D eigenvalue weighted by molar-refractivity contribution is -0.125. The number of rotatable bonds is 8. The van der Waals surface area contributed by atoms with Crippen LogP contribution in [0.15, 0.2) is 58.4 Å². The topological polar surface area (TPSA) is 117 Å². The van der Waals surface area contributed by atoms with E-state index in [1.807, 2.05) is 6.92 Å². The molecule has 2 amide bonds. The van der Waals surface area contributed by atoms with Crippen molar-refractivity contribution in [2.45, 2.75) is 37.1 Å². The van der Waals surface area contributed by atoms with Crippen molar-refractivity contribution < 1.29 is 18.0 Å². The number of halogens is 1. The second kappa shape index (κ2) is 9.93. The summed E-state index contributed by atoms with van der Waals surface area (Å²) >= 11 is 5.82. The first-order chi connectivity index (χ1) is 14.8. The second-order valence-electron chi connectivity index (χ2n) is 7.01. The number of hydrogen-bond donors (Lipinski definition) is 3. The summed E-state index contributed by atoms with van der Waals surface area (Å²) in [6.07, 6.45) is 1.99. The minimum Gasteiger partial charge on any atom is -0.345 e. The van der Waals surface area contributed by atoms with Gasteiger partial charge in [-0.2, -0.15) is 0 Å². The Bertz CT molecular complexity index is 1100. The van der Waals surface area contributed by atoms with Crippen LogP contribution in [0.2, 0.25) is 5.02 Å². The Morgan fingerprint density at radius 3 is 2.55 bits per heavy atom. The molecule has 0 spiro atoms. The number of sulfonamides is 1. The van der Waals surface area contributed by atoms with Gasteiger partial charge >= 0.3 is 0 Å². The van der Waals surface area contributed by atoms with Crippen LogP contribution in [0.1, 0.15) is 31.7 Å². The Balaban J connectivity index is 1.69. The van der Waals surface area contributed by atoms with Crippen molar-refractivity contribution in [1.82, 2.24) is 10.0 Å². The normalized spacial score (nSPS) is 16.3. The predicted octanol–water partition coefficient (Wildman–Crippen LogP) is 2.69. The predicted molar refractivity (Wildman–Crippen MR) is 120 cm³/mol. The van der Waals surface area contributed by atoms with E-state index >= 15 is 0 Å². The van der Waals surface area contributed by atoms with Crippen molar-refractivity contribution in [2.24, 2.45) is 4.99 Å². The van der Waals surface area contributed by atoms with Gasteiger partial charge in [-0.15, -0.1) is 0 Å². The van der Waals surface area contributed by atoms with Gasteiger partial charge in [0.2, 0.25) is 11.8 Å². The fourth-order valence-corrected chi connectivity index (χ4v) is 4.43. The van der Waals surface area contributed by atoms with E-state index in [0.717, 1.165) is 12.8 Å². The molecule has 0 fully saturated rings. The molecule has 1 aliphatic rings. The minimum atomic E-state index is -3.70. The maximum Gasteiger partial charge on any atom is 0.263 e. The molecule has 31 heavy (non-hydrogen) atoms. The molecule has 1 heterocycles. The first kappa shape index (κ1) is 22.8. The Morgan fingerprint density at radius 2 is 1.84 bits per heavy atom. The third-order valence-electron chi connectivity index (χ3n) is 4.63. The molecule has 2 aromatic carbocycles. The van der Waals surface area contributed by atoms with E-state index in [1.165, 1.54) is 6.07 Å². The van der Waals surface area contributed by atoms with Crippen LogP contribution in [0.5, 0.6) is 0 Å². The van der Waals surface area contributed by atoms with Crippen LogP contribution in [0, 0.1) is 0 Å². The standard InChI is InChI=1S/C21H23ClN4O4S/c1-2-3-7-17(25-20-16-6-4-5-8-18(16)31(29,30)26-20)21(28)23-13-19(27)24-15-11-9-14(22)10-12-15/h4-6,8-12,17H,2-3,7,13H2,1H3,(H,23,28)(H,24,27)(H,25,26). The lowest BCUT2D eigenvalue weighted by Gasteiger charge is -2.14. The van der Waals surface area contributed by atoms with Gasteiger partial charge in [-0.25, -0.2) is 8.42 Å². The maximum absolute atomic E-state index is 12.7. The molecule has 0 saturated carbocycles. The smallest absolute Gasteiger partial charge is 0.263 e. The Kier molecular flexibility index (Phi) is 7.29. The number of benzene rings is 2. The molecule has 0 aromatic heterocycles. The summed E-state index contributed by atoms with van der Waals surface area (Å²) in [5, 5.41) is 5.79. The van der Waals surface area contributed by atoms with Gasteiger partial charge in [-0.3, -0.25) is 19.3 Å². The number of amidine groups is 1. The fourth-order valence-electron chi connectivity index (χ4n) is 3.06. The van der Waals surface area contributed by atoms with Crippen LogP contribution < -0.4 is 15.4 Å². The van der Waals surface area contributed by atoms with Crippen molar-refractivity contribution in [1.29, 1.82) is 0 Å². The second-order valence-corrected chi connectivity index (χ2v) is 9.10. The number of nitrogens with zero attached hydrogens (tertiary/aromatic N) is 1. The SMILES string of the molecule is CCCCC(N=C1NS(=O)(=O)c2ccccc21)C(=O)NCC(=O)Nc1ccc(Cl)cc1. The Labute approximate surface area is 186 Å². The molecule has 8 nitrogen and oxygen atoms in total. The maximum atomic E-state index is 12.7. The minimum absolute atomic E-state index is 0.130. The van der Waals surface area contributed by atoms with Gasteiger partial charge in [0.05, 0.1) is 11.4 Å². The number of unbranched alkanes of at least 4 members (excludes halogenated alkanes) is 1. The molecule has 2 aromatic rings. The van der Waals surface area contributed by atoms with Gasteiger partial charge in [-0.05, 0) is 42.8 Å². The van der Waals surface area contributed by atoms with Crippen molar-refractivity contribution >= 4 is 45.0 Å². The quantitative estimate of drug-likeness (QED) is 0.559. The van der Waals surface area contributed by atoms with Crippen LogP contribution in [-0.2, 0) is 19.6 Å². The number of fused-ring (bicyclic) bond motifs is 1. The number of anilines is 1. The van der Waals surface area contributed by atoms with Gasteiger partial charge in [0.25, 0.3) is 10.0 Å². The van der Waals surface area contributed by atoms with Crippen molar-refractivity contribution in [3.63, 3.8) is 0 Å². The third kappa shape index (κ3) is 5.83. The Morgan fingerprint density at radius 1 is 1.13 bits per heavy atom. The van der Waals surface area contributed by atoms with E-state index in [9.17, 15) is 18.0 Å². The molecule has 0 bridgehead atoms. The average molecular weight is 463 g/mol. The fraction of sp³-hybridized carbons (Fsp3) is 0.286. The first-order valence-electron chi connectivity index (χ1n) is 9.83. The molecule has 3 N–H and O–H groups in total. The number of nitrogens with one attached hydrogen (secondary N) is 3. The molecular weight excluding hydrogens is 440 g/mol. The highest BCUT2D eigenvalue weighted by molar-refractivity contribution is 7.90. The largest absolute Gasteiger partial charge is 0.345 e. The summed E-state index contributed by atoms with van der Waals surface area (Å²) in [6, 6.07) is 12.2. The van der Waals surface area contributed by atoms with Crippen LogP contribution in [-0.4, -0.2) is 38.7 Å². The van der Waals surface area contributed by atoms with Crippen molar-refractivity contribution in [2.75, 3.05) is 11.9 Å². The molecule has 164 valence electrons. The van der Waals surface area contributed by atoms with Gasteiger partial charge in [0, 0.05) is 16.3 Å². The molecule has 0 radical (unpaired) electrons. The van der Waals surface area contributed by atoms with Gasteiger partial charge < -0.3 is 10.6 Å². The van der Waals surface area contributed by atoms with Crippen LogP contribution in [0.3, 0.4) is 0 Å². The number of carbonyl (C=O) groups excluding carboxylic acids is 2. The van der Waals surface area contributed by atoms with Crippen LogP contribution in [0.4, 0.5) is 5.69 Å². The molecule has 0 saturated heterocycles. The summed E-state index contributed by atoms with van der Waals surface area (Å²) in [5.74, 6) is -0.710. The zero-order chi connectivity index (χ0) is 22.4. The van der Waals surface area contributed by atoms with Crippen molar-refractivity contribution in [3.8, 4) is 0 Å². The van der Waals surface area contributed by atoms with E-state index in [2.05, 4.69) is 20.3 Å². The van der Waals surface area contributed by atoms with E-state index in [-0.39, 0.29) is 17.3 Å². The first-order valence-corrected chi connectivity index (χ1v) is 11.7. The summed E-state index contributed by atoms with van der Waals surface area (Å²) < 4.78 is 27.0. The molecule has 0 aliphatic carbocycles. The summed E-state index contributed by atoms with van der Waals surface area (Å²) in [7, 11) is -3.70. The third-order valence-corrected chi connectivity index (χ3v) is 6.28. The Hall–Kier alpha value is -2.91. The lowest BCUT2D eigenvalue weighted by atomic mass is 10.1. The summed E-state index contributed by atoms with van der Waals surface area (Å²) in [6.45, 7) is 1.74. The van der Waals surface area contributed by atoms with E-state index < -0.39 is 27.9 Å². The van der Waals surface area contributed by atoms with Crippen LogP contribution in [0.25, 0.3) is 0 Å². The molecule has 10 heteroatoms. The molecule has 1 unspecified atom stereocenters. The zero-order valence-corrected chi connectivity index (χ0v) is 18.5. The lowest BCUT2D eigenvalue weighted by Crippen LogP contribution is -2.39. The number of hydrogen-bond acceptors (Lipinski definition) is 5. The molecule has 1 atom stereocenters. The zero-order valence-electron chi connectivity index (χ0n) is 16.9. The number of aliphatic imine (C=N–C) groups is 1. The number of amides is 2. The van der Waals surface area contributed by atoms with Gasteiger partial charge in [0.1, 0.15) is 11.9 Å².